The lowest BCUT2D eigenvalue weighted by atomic mass is 10.1. The van der Waals surface area contributed by atoms with E-state index in [9.17, 15) is 18.0 Å². The van der Waals surface area contributed by atoms with E-state index in [2.05, 4.69) is 5.32 Å². The maximum Gasteiger partial charge on any atom is 0.225 e. The van der Waals surface area contributed by atoms with Gasteiger partial charge >= 0.3 is 0 Å². The van der Waals surface area contributed by atoms with Gasteiger partial charge in [0.15, 0.2) is 9.84 Å². The van der Waals surface area contributed by atoms with Gasteiger partial charge in [-0.2, -0.15) is 0 Å². The Morgan fingerprint density at radius 1 is 1.38 bits per heavy atom. The first-order valence-electron chi connectivity index (χ1n) is 8.16. The van der Waals surface area contributed by atoms with Crippen LogP contribution in [0.3, 0.4) is 0 Å². The van der Waals surface area contributed by atoms with Gasteiger partial charge in [-0.3, -0.25) is 9.59 Å². The van der Waals surface area contributed by atoms with Gasteiger partial charge in [-0.15, -0.1) is 0 Å². The van der Waals surface area contributed by atoms with Crippen molar-refractivity contribution in [2.45, 2.75) is 32.4 Å². The smallest absolute Gasteiger partial charge is 0.225 e. The first-order valence-corrected chi connectivity index (χ1v) is 9.99. The van der Waals surface area contributed by atoms with E-state index in [-0.39, 0.29) is 35.8 Å². The van der Waals surface area contributed by atoms with Crippen molar-refractivity contribution in [2.24, 2.45) is 5.92 Å². The van der Waals surface area contributed by atoms with Crippen LogP contribution in [0.5, 0.6) is 0 Å². The summed E-state index contributed by atoms with van der Waals surface area (Å²) in [5.41, 5.74) is 2.18. The Balaban J connectivity index is 1.57. The van der Waals surface area contributed by atoms with Crippen molar-refractivity contribution in [1.29, 1.82) is 0 Å². The molecule has 130 valence electrons. The molecule has 2 heterocycles. The highest BCUT2D eigenvalue weighted by Gasteiger charge is 2.36. The van der Waals surface area contributed by atoms with Gasteiger partial charge in [0.1, 0.15) is 0 Å². The van der Waals surface area contributed by atoms with Crippen LogP contribution in [0.4, 0.5) is 0 Å². The molecule has 0 radical (unpaired) electrons. The largest absolute Gasteiger partial charge is 0.352 e. The molecule has 24 heavy (non-hydrogen) atoms. The normalized spacial score (nSPS) is 25.9. The van der Waals surface area contributed by atoms with Crippen LogP contribution in [0, 0.1) is 12.8 Å². The average Bonchev–Trinajstić information content (AvgIpc) is 3.02. The molecule has 7 heteroatoms. The molecular weight excluding hydrogens is 328 g/mol. The zero-order valence-electron chi connectivity index (χ0n) is 13.7. The number of sulfone groups is 1. The van der Waals surface area contributed by atoms with Crippen LogP contribution in [-0.4, -0.2) is 49.2 Å². The van der Waals surface area contributed by atoms with Gasteiger partial charge in [0, 0.05) is 25.6 Å². The molecule has 2 fully saturated rings. The summed E-state index contributed by atoms with van der Waals surface area (Å²) in [5.74, 6) is -0.508. The summed E-state index contributed by atoms with van der Waals surface area (Å²) < 4.78 is 22.9. The van der Waals surface area contributed by atoms with Crippen LogP contribution >= 0.6 is 0 Å². The summed E-state index contributed by atoms with van der Waals surface area (Å²) in [5, 5.41) is 2.79. The molecule has 2 amide bonds. The molecular formula is C17H22N2O4S. The van der Waals surface area contributed by atoms with Crippen molar-refractivity contribution in [1.82, 2.24) is 10.2 Å². The predicted octanol–water partition coefficient (Wildman–Crippen LogP) is 0.647. The molecule has 2 aliphatic heterocycles. The summed E-state index contributed by atoms with van der Waals surface area (Å²) in [6, 6.07) is 7.64. The summed E-state index contributed by atoms with van der Waals surface area (Å²) in [6.45, 7) is 2.89. The minimum atomic E-state index is -3.02. The molecule has 1 aromatic carbocycles. The molecule has 2 unspecified atom stereocenters. The molecule has 0 spiro atoms. The minimum absolute atomic E-state index is 0.00636. The molecule has 6 nitrogen and oxygen atoms in total. The Hall–Kier alpha value is -1.89. The van der Waals surface area contributed by atoms with Gasteiger partial charge in [0.05, 0.1) is 17.4 Å². The second kappa shape index (κ2) is 6.55. The van der Waals surface area contributed by atoms with E-state index < -0.39 is 15.8 Å². The Labute approximate surface area is 142 Å². The number of hydrogen-bond acceptors (Lipinski definition) is 4. The second-order valence-electron chi connectivity index (χ2n) is 6.77. The summed E-state index contributed by atoms with van der Waals surface area (Å²) >= 11 is 0. The van der Waals surface area contributed by atoms with E-state index in [1.54, 1.807) is 4.90 Å². The highest BCUT2D eigenvalue weighted by molar-refractivity contribution is 7.91. The third-order valence-electron chi connectivity index (χ3n) is 4.62. The van der Waals surface area contributed by atoms with Gasteiger partial charge in [-0.25, -0.2) is 8.42 Å². The molecule has 0 bridgehead atoms. The molecule has 1 aromatic rings. The van der Waals surface area contributed by atoms with Crippen molar-refractivity contribution in [3.05, 3.63) is 35.4 Å². The number of nitrogens with zero attached hydrogens (tertiary/aromatic N) is 1. The number of rotatable bonds is 4. The van der Waals surface area contributed by atoms with E-state index in [0.29, 0.717) is 19.5 Å². The Morgan fingerprint density at radius 3 is 2.83 bits per heavy atom. The standard InChI is InChI=1S/C17H22N2O4S/c1-12-3-2-4-13(7-12)9-19-10-14(8-16(19)20)17(21)18-15-5-6-24(22,23)11-15/h2-4,7,14-15H,5-6,8-11H2,1H3,(H,18,21). The van der Waals surface area contributed by atoms with Gasteiger partial charge in [0.2, 0.25) is 11.8 Å². The lowest BCUT2D eigenvalue weighted by Gasteiger charge is -2.18. The second-order valence-corrected chi connectivity index (χ2v) is 9.00. The van der Waals surface area contributed by atoms with Crippen molar-refractivity contribution in [3.63, 3.8) is 0 Å². The lowest BCUT2D eigenvalue weighted by molar-refractivity contribution is -0.129. The topological polar surface area (TPSA) is 83.6 Å². The number of benzene rings is 1. The molecule has 0 saturated carbocycles. The van der Waals surface area contributed by atoms with Crippen molar-refractivity contribution in [3.8, 4) is 0 Å². The fraction of sp³-hybridized carbons (Fsp3) is 0.529. The van der Waals surface area contributed by atoms with Gasteiger partial charge < -0.3 is 10.2 Å². The van der Waals surface area contributed by atoms with E-state index in [4.69, 9.17) is 0 Å². The first-order chi connectivity index (χ1) is 11.3. The summed E-state index contributed by atoms with van der Waals surface area (Å²) in [6.07, 6.45) is 0.652. The van der Waals surface area contributed by atoms with Crippen LogP contribution in [0.15, 0.2) is 24.3 Å². The SMILES string of the molecule is Cc1cccc(CN2CC(C(=O)NC3CCS(=O)(=O)C3)CC2=O)c1. The van der Waals surface area contributed by atoms with E-state index in [0.717, 1.165) is 11.1 Å². The van der Waals surface area contributed by atoms with Gasteiger partial charge in [0.25, 0.3) is 0 Å². The van der Waals surface area contributed by atoms with Crippen LogP contribution < -0.4 is 5.32 Å². The maximum absolute atomic E-state index is 12.3. The molecule has 2 atom stereocenters. The number of likely N-dealkylation sites (tertiary alicyclic amines) is 1. The van der Waals surface area contributed by atoms with Crippen LogP contribution in [-0.2, 0) is 26.0 Å². The molecule has 3 rings (SSSR count). The maximum atomic E-state index is 12.3. The average molecular weight is 350 g/mol. The molecule has 1 N–H and O–H groups in total. The third-order valence-corrected chi connectivity index (χ3v) is 6.39. The number of amides is 2. The first kappa shape index (κ1) is 17.0. The molecule has 0 aromatic heterocycles. The Morgan fingerprint density at radius 2 is 2.17 bits per heavy atom. The van der Waals surface area contributed by atoms with E-state index in [1.807, 2.05) is 31.2 Å². The zero-order valence-corrected chi connectivity index (χ0v) is 14.5. The van der Waals surface area contributed by atoms with Gasteiger partial charge in [-0.1, -0.05) is 29.8 Å². The number of carbonyl (C=O) groups is 2. The van der Waals surface area contributed by atoms with Crippen molar-refractivity contribution < 1.29 is 18.0 Å². The highest BCUT2D eigenvalue weighted by Crippen LogP contribution is 2.22. The number of carbonyl (C=O) groups excluding carboxylic acids is 2. The lowest BCUT2D eigenvalue weighted by Crippen LogP contribution is -2.40. The Kier molecular flexibility index (Phi) is 4.62. The third kappa shape index (κ3) is 3.95. The van der Waals surface area contributed by atoms with Gasteiger partial charge in [-0.05, 0) is 18.9 Å². The number of hydrogen-bond donors (Lipinski definition) is 1. The van der Waals surface area contributed by atoms with E-state index >= 15 is 0 Å². The van der Waals surface area contributed by atoms with Crippen LogP contribution in [0.25, 0.3) is 0 Å². The highest BCUT2D eigenvalue weighted by atomic mass is 32.2. The predicted molar refractivity (Wildman–Crippen MR) is 89.9 cm³/mol. The fourth-order valence-electron chi connectivity index (χ4n) is 3.36. The van der Waals surface area contributed by atoms with Crippen molar-refractivity contribution in [2.75, 3.05) is 18.1 Å². The van der Waals surface area contributed by atoms with Crippen LogP contribution in [0.2, 0.25) is 0 Å². The van der Waals surface area contributed by atoms with Crippen molar-refractivity contribution >= 4 is 21.7 Å². The zero-order chi connectivity index (χ0) is 17.3. The molecule has 2 saturated heterocycles. The molecule has 0 aliphatic carbocycles. The fourth-order valence-corrected chi connectivity index (χ4v) is 5.03. The number of nitrogens with one attached hydrogen (secondary N) is 1. The molecule has 2 aliphatic rings. The Bertz CT molecular complexity index is 760. The monoisotopic (exact) mass is 350 g/mol. The number of aryl methyl sites for hydroxylation is 1. The quantitative estimate of drug-likeness (QED) is 0.864. The van der Waals surface area contributed by atoms with E-state index in [1.165, 1.54) is 0 Å². The minimum Gasteiger partial charge on any atom is -0.352 e. The summed E-state index contributed by atoms with van der Waals surface area (Å²) in [4.78, 5) is 26.2. The summed E-state index contributed by atoms with van der Waals surface area (Å²) in [7, 11) is -3.02. The van der Waals surface area contributed by atoms with Crippen LogP contribution in [0.1, 0.15) is 24.0 Å².